The Morgan fingerprint density at radius 3 is 2.64 bits per heavy atom. The first-order valence-electron chi connectivity index (χ1n) is 4.68. The van der Waals surface area contributed by atoms with E-state index in [9.17, 15) is 9.59 Å². The van der Waals surface area contributed by atoms with Gasteiger partial charge in [-0.2, -0.15) is 0 Å². The second kappa shape index (κ2) is 3.86. The Hall–Kier alpha value is -1.26. The average molecular weight is 200 g/mol. The maximum Gasteiger partial charge on any atom is 0.320 e. The van der Waals surface area contributed by atoms with Crippen LogP contribution in [-0.2, 0) is 4.79 Å². The zero-order chi connectivity index (χ0) is 10.9. The van der Waals surface area contributed by atoms with Crippen LogP contribution in [-0.4, -0.2) is 52.6 Å². The molecule has 0 aliphatic carbocycles. The molecule has 0 aromatic heterocycles. The topological polar surface area (TPSA) is 60.9 Å². The van der Waals surface area contributed by atoms with Crippen LogP contribution in [0.4, 0.5) is 4.79 Å². The van der Waals surface area contributed by atoms with E-state index in [1.54, 1.807) is 16.8 Å². The molecule has 1 heterocycles. The first kappa shape index (κ1) is 10.8. The van der Waals surface area contributed by atoms with Gasteiger partial charge in [0.2, 0.25) is 0 Å². The molecule has 1 N–H and O–H groups in total. The van der Waals surface area contributed by atoms with Gasteiger partial charge in [0.15, 0.2) is 0 Å². The number of likely N-dealkylation sites (N-methyl/N-ethyl adjacent to an activating group) is 1. The minimum atomic E-state index is -0.858. The fourth-order valence-corrected chi connectivity index (χ4v) is 1.84. The molecular formula is C9H16N2O3. The molecule has 5 nitrogen and oxygen atoms in total. The molecule has 0 bridgehead atoms. The first-order valence-corrected chi connectivity index (χ1v) is 4.68. The highest BCUT2D eigenvalue weighted by Gasteiger charge is 2.37. The third-order valence-electron chi connectivity index (χ3n) is 2.39. The second-order valence-corrected chi connectivity index (χ2v) is 3.92. The first-order chi connectivity index (χ1) is 6.43. The Morgan fingerprint density at radius 1 is 1.64 bits per heavy atom. The van der Waals surface area contributed by atoms with Gasteiger partial charge in [0, 0.05) is 19.6 Å². The molecule has 0 saturated carbocycles. The van der Waals surface area contributed by atoms with Crippen LogP contribution in [0.15, 0.2) is 0 Å². The zero-order valence-corrected chi connectivity index (χ0v) is 8.73. The third kappa shape index (κ3) is 1.97. The van der Waals surface area contributed by atoms with Crippen molar-refractivity contribution in [2.45, 2.75) is 32.4 Å². The molecule has 1 rings (SSSR count). The lowest BCUT2D eigenvalue weighted by atomic mass is 10.1. The van der Waals surface area contributed by atoms with Gasteiger partial charge in [0.05, 0.1) is 12.5 Å². The zero-order valence-electron chi connectivity index (χ0n) is 8.73. The third-order valence-corrected chi connectivity index (χ3v) is 2.39. The molecule has 5 heteroatoms. The van der Waals surface area contributed by atoms with E-state index in [0.29, 0.717) is 6.54 Å². The van der Waals surface area contributed by atoms with Crippen molar-refractivity contribution in [1.82, 2.24) is 9.80 Å². The molecular weight excluding hydrogens is 184 g/mol. The largest absolute Gasteiger partial charge is 0.481 e. The number of hydrogen-bond acceptors (Lipinski definition) is 2. The Balaban J connectivity index is 2.75. The van der Waals surface area contributed by atoms with Crippen LogP contribution >= 0.6 is 0 Å². The van der Waals surface area contributed by atoms with Crippen LogP contribution in [0.3, 0.4) is 0 Å². The Kier molecular flexibility index (Phi) is 2.98. The maximum atomic E-state index is 11.6. The van der Waals surface area contributed by atoms with Gasteiger partial charge in [-0.15, -0.1) is 0 Å². The fraction of sp³-hybridized carbons (Fsp3) is 0.778. The molecule has 0 aromatic carbocycles. The summed E-state index contributed by atoms with van der Waals surface area (Å²) in [6.07, 6.45) is 0.0221. The summed E-state index contributed by atoms with van der Waals surface area (Å²) in [5.41, 5.74) is 0. The summed E-state index contributed by atoms with van der Waals surface area (Å²) < 4.78 is 0. The molecule has 1 atom stereocenters. The lowest BCUT2D eigenvalue weighted by Crippen LogP contribution is -2.40. The van der Waals surface area contributed by atoms with Crippen molar-refractivity contribution in [2.75, 3.05) is 13.6 Å². The van der Waals surface area contributed by atoms with Crippen LogP contribution in [0, 0.1) is 0 Å². The van der Waals surface area contributed by atoms with E-state index >= 15 is 0 Å². The van der Waals surface area contributed by atoms with E-state index in [0.717, 1.165) is 0 Å². The summed E-state index contributed by atoms with van der Waals surface area (Å²) in [5, 5.41) is 8.69. The summed E-state index contributed by atoms with van der Waals surface area (Å²) in [6.45, 7) is 4.29. The number of urea groups is 1. The monoisotopic (exact) mass is 200 g/mol. The predicted octanol–water partition coefficient (Wildman–Crippen LogP) is 0.605. The van der Waals surface area contributed by atoms with E-state index in [-0.39, 0.29) is 24.5 Å². The smallest absolute Gasteiger partial charge is 0.320 e. The molecule has 14 heavy (non-hydrogen) atoms. The number of carbonyl (C=O) groups is 2. The van der Waals surface area contributed by atoms with Gasteiger partial charge in [0.1, 0.15) is 0 Å². The molecule has 2 amide bonds. The summed E-state index contributed by atoms with van der Waals surface area (Å²) in [7, 11) is 1.69. The van der Waals surface area contributed by atoms with E-state index < -0.39 is 5.97 Å². The van der Waals surface area contributed by atoms with Crippen LogP contribution in [0.2, 0.25) is 0 Å². The van der Waals surface area contributed by atoms with Gasteiger partial charge in [-0.05, 0) is 13.8 Å². The minimum Gasteiger partial charge on any atom is -0.481 e. The number of carboxylic acids is 1. The summed E-state index contributed by atoms with van der Waals surface area (Å²) in [6, 6.07) is -0.215. The normalized spacial score (nSPS) is 22.3. The summed E-state index contributed by atoms with van der Waals surface area (Å²) in [4.78, 5) is 25.4. The highest BCUT2D eigenvalue weighted by Crippen LogP contribution is 2.19. The van der Waals surface area contributed by atoms with E-state index in [1.807, 2.05) is 13.8 Å². The Morgan fingerprint density at radius 2 is 2.21 bits per heavy atom. The number of carboxylic acid groups (broad SMARTS) is 1. The van der Waals surface area contributed by atoms with Crippen LogP contribution in [0.25, 0.3) is 0 Å². The number of hydrogen-bond donors (Lipinski definition) is 1. The fourth-order valence-electron chi connectivity index (χ4n) is 1.84. The van der Waals surface area contributed by atoms with Gasteiger partial charge in [0.25, 0.3) is 0 Å². The van der Waals surface area contributed by atoms with Gasteiger partial charge in [-0.3, -0.25) is 4.79 Å². The molecule has 80 valence electrons. The summed E-state index contributed by atoms with van der Waals surface area (Å²) in [5.74, 6) is -0.858. The van der Waals surface area contributed by atoms with Crippen molar-refractivity contribution in [2.24, 2.45) is 0 Å². The number of aliphatic carboxylic acids is 1. The highest BCUT2D eigenvalue weighted by atomic mass is 16.4. The van der Waals surface area contributed by atoms with Gasteiger partial charge in [-0.1, -0.05) is 0 Å². The molecule has 0 spiro atoms. The quantitative estimate of drug-likeness (QED) is 0.726. The lowest BCUT2D eigenvalue weighted by molar-refractivity contribution is -0.138. The van der Waals surface area contributed by atoms with Crippen molar-refractivity contribution < 1.29 is 14.7 Å². The number of carbonyl (C=O) groups excluding carboxylic acids is 1. The molecule has 1 aliphatic rings. The SMILES string of the molecule is CC(C)N1C(=O)N(C)CC1CC(=O)O. The Bertz CT molecular complexity index is 252. The van der Waals surface area contributed by atoms with Crippen molar-refractivity contribution in [3.8, 4) is 0 Å². The number of rotatable bonds is 3. The number of amides is 2. The van der Waals surface area contributed by atoms with Crippen molar-refractivity contribution in [3.05, 3.63) is 0 Å². The van der Waals surface area contributed by atoms with Gasteiger partial charge < -0.3 is 14.9 Å². The standard InChI is InChI=1S/C9H16N2O3/c1-6(2)11-7(4-8(12)13)5-10(3)9(11)14/h6-7H,4-5H2,1-3H3,(H,12,13). The van der Waals surface area contributed by atoms with Gasteiger partial charge in [-0.25, -0.2) is 4.79 Å². The Labute approximate surface area is 83.3 Å². The average Bonchev–Trinajstić information content (AvgIpc) is 2.26. The number of nitrogens with zero attached hydrogens (tertiary/aromatic N) is 2. The molecule has 0 radical (unpaired) electrons. The maximum absolute atomic E-state index is 11.6. The van der Waals surface area contributed by atoms with Crippen molar-refractivity contribution >= 4 is 12.0 Å². The molecule has 1 fully saturated rings. The second-order valence-electron chi connectivity index (χ2n) is 3.92. The summed E-state index contributed by atoms with van der Waals surface area (Å²) >= 11 is 0. The van der Waals surface area contributed by atoms with Crippen LogP contribution < -0.4 is 0 Å². The predicted molar refractivity (Wildman–Crippen MR) is 51.0 cm³/mol. The molecule has 1 saturated heterocycles. The van der Waals surface area contributed by atoms with Crippen molar-refractivity contribution in [3.63, 3.8) is 0 Å². The van der Waals surface area contributed by atoms with E-state index in [2.05, 4.69) is 0 Å². The molecule has 0 aromatic rings. The highest BCUT2D eigenvalue weighted by molar-refractivity contribution is 5.79. The van der Waals surface area contributed by atoms with Gasteiger partial charge >= 0.3 is 12.0 Å². The molecule has 1 unspecified atom stereocenters. The van der Waals surface area contributed by atoms with Crippen LogP contribution in [0.1, 0.15) is 20.3 Å². The van der Waals surface area contributed by atoms with Crippen LogP contribution in [0.5, 0.6) is 0 Å². The minimum absolute atomic E-state index is 0.0221. The van der Waals surface area contributed by atoms with E-state index in [4.69, 9.17) is 5.11 Å². The lowest BCUT2D eigenvalue weighted by Gasteiger charge is -2.25. The van der Waals surface area contributed by atoms with Crippen molar-refractivity contribution in [1.29, 1.82) is 0 Å². The van der Waals surface area contributed by atoms with E-state index in [1.165, 1.54) is 0 Å². The molecule has 1 aliphatic heterocycles.